The van der Waals surface area contributed by atoms with Crippen molar-refractivity contribution in [2.45, 2.75) is 18.4 Å². The molecule has 0 unspecified atom stereocenters. The van der Waals surface area contributed by atoms with Gasteiger partial charge in [-0.15, -0.1) is 12.4 Å². The van der Waals surface area contributed by atoms with Crippen LogP contribution in [-0.4, -0.2) is 29.6 Å². The Kier molecular flexibility index (Phi) is 4.59. The van der Waals surface area contributed by atoms with E-state index < -0.39 is 5.54 Å². The van der Waals surface area contributed by atoms with Gasteiger partial charge < -0.3 is 15.8 Å². The minimum absolute atomic E-state index is 0. The summed E-state index contributed by atoms with van der Waals surface area (Å²) in [7, 11) is 0. The molecule has 1 amide bonds. The third-order valence-corrected chi connectivity index (χ3v) is 4.30. The summed E-state index contributed by atoms with van der Waals surface area (Å²) in [5, 5.41) is 3.43. The summed E-state index contributed by atoms with van der Waals surface area (Å²) in [6, 6.07) is 7.79. The van der Waals surface area contributed by atoms with Crippen LogP contribution in [0.1, 0.15) is 12.8 Å². The van der Waals surface area contributed by atoms with Gasteiger partial charge in [0.2, 0.25) is 5.91 Å². The molecule has 1 aromatic carbocycles. The molecule has 1 saturated heterocycles. The van der Waals surface area contributed by atoms with Gasteiger partial charge in [-0.25, -0.2) is 4.98 Å². The van der Waals surface area contributed by atoms with Crippen molar-refractivity contribution in [1.29, 1.82) is 0 Å². The molecule has 0 atom stereocenters. The van der Waals surface area contributed by atoms with Crippen molar-refractivity contribution in [1.82, 2.24) is 4.98 Å². The Labute approximate surface area is 126 Å². The SMILES string of the molecule is Cl.NC1(C(=O)Nc2nc3ccccc3s2)CCOCC1. The van der Waals surface area contributed by atoms with E-state index in [4.69, 9.17) is 10.5 Å². The molecule has 1 aliphatic rings. The van der Waals surface area contributed by atoms with Crippen molar-refractivity contribution in [3.63, 3.8) is 0 Å². The zero-order chi connectivity index (χ0) is 13.3. The molecule has 3 rings (SSSR count). The summed E-state index contributed by atoms with van der Waals surface area (Å²) in [4.78, 5) is 16.6. The van der Waals surface area contributed by atoms with Crippen LogP contribution in [0.15, 0.2) is 24.3 Å². The van der Waals surface area contributed by atoms with Crippen molar-refractivity contribution in [2.24, 2.45) is 5.73 Å². The first-order valence-electron chi connectivity index (χ1n) is 6.21. The molecule has 0 spiro atoms. The topological polar surface area (TPSA) is 77.2 Å². The third kappa shape index (κ3) is 2.93. The Morgan fingerprint density at radius 3 is 2.75 bits per heavy atom. The lowest BCUT2D eigenvalue weighted by molar-refractivity contribution is -0.124. The molecule has 108 valence electrons. The Balaban J connectivity index is 0.00000147. The van der Waals surface area contributed by atoms with Gasteiger partial charge in [0, 0.05) is 13.2 Å². The van der Waals surface area contributed by atoms with Crippen LogP contribution in [0, 0.1) is 0 Å². The number of hydrogen-bond acceptors (Lipinski definition) is 5. The fourth-order valence-electron chi connectivity index (χ4n) is 2.11. The van der Waals surface area contributed by atoms with E-state index in [-0.39, 0.29) is 18.3 Å². The number of carbonyl (C=O) groups excluding carboxylic acids is 1. The number of halogens is 1. The monoisotopic (exact) mass is 313 g/mol. The fourth-order valence-corrected chi connectivity index (χ4v) is 2.97. The summed E-state index contributed by atoms with van der Waals surface area (Å²) < 4.78 is 6.29. The third-order valence-electron chi connectivity index (χ3n) is 3.35. The minimum atomic E-state index is -0.837. The molecule has 7 heteroatoms. The fraction of sp³-hybridized carbons (Fsp3) is 0.385. The smallest absolute Gasteiger partial charge is 0.246 e. The highest BCUT2D eigenvalue weighted by molar-refractivity contribution is 7.22. The number of aromatic nitrogens is 1. The lowest BCUT2D eigenvalue weighted by atomic mass is 9.90. The number of rotatable bonds is 2. The summed E-state index contributed by atoms with van der Waals surface area (Å²) in [6.45, 7) is 1.06. The van der Waals surface area contributed by atoms with Crippen LogP contribution >= 0.6 is 23.7 Å². The first kappa shape index (κ1) is 15.2. The first-order valence-corrected chi connectivity index (χ1v) is 7.03. The number of nitrogens with zero attached hydrogens (tertiary/aromatic N) is 1. The van der Waals surface area contributed by atoms with Crippen LogP contribution in [-0.2, 0) is 9.53 Å². The zero-order valence-corrected chi connectivity index (χ0v) is 12.4. The maximum atomic E-state index is 12.2. The number of amides is 1. The number of benzene rings is 1. The zero-order valence-electron chi connectivity index (χ0n) is 10.8. The lowest BCUT2D eigenvalue weighted by Crippen LogP contribution is -2.54. The summed E-state index contributed by atoms with van der Waals surface area (Å²) in [6.07, 6.45) is 1.09. The van der Waals surface area contributed by atoms with Crippen LogP contribution in [0.3, 0.4) is 0 Å². The van der Waals surface area contributed by atoms with Gasteiger partial charge >= 0.3 is 0 Å². The number of para-hydroxylation sites is 1. The molecule has 1 aromatic heterocycles. The number of anilines is 1. The predicted molar refractivity (Wildman–Crippen MR) is 82.5 cm³/mol. The Morgan fingerprint density at radius 2 is 2.05 bits per heavy atom. The van der Waals surface area contributed by atoms with Crippen molar-refractivity contribution in [3.8, 4) is 0 Å². The van der Waals surface area contributed by atoms with Gasteiger partial charge in [-0.1, -0.05) is 23.5 Å². The minimum Gasteiger partial charge on any atom is -0.381 e. The van der Waals surface area contributed by atoms with E-state index in [2.05, 4.69) is 10.3 Å². The molecule has 0 bridgehead atoms. The van der Waals surface area contributed by atoms with E-state index in [1.54, 1.807) is 0 Å². The summed E-state index contributed by atoms with van der Waals surface area (Å²) in [5.41, 5.74) is 6.18. The van der Waals surface area contributed by atoms with Crippen LogP contribution in [0.4, 0.5) is 5.13 Å². The quantitative estimate of drug-likeness (QED) is 0.890. The number of carbonyl (C=O) groups is 1. The summed E-state index contributed by atoms with van der Waals surface area (Å²) >= 11 is 1.46. The van der Waals surface area contributed by atoms with Crippen molar-refractivity contribution < 1.29 is 9.53 Å². The number of nitrogens with one attached hydrogen (secondary N) is 1. The predicted octanol–water partition coefficient (Wildman–Crippen LogP) is 2.16. The van der Waals surface area contributed by atoms with Gasteiger partial charge in [-0.3, -0.25) is 4.79 Å². The van der Waals surface area contributed by atoms with Gasteiger partial charge in [-0.05, 0) is 25.0 Å². The molecule has 3 N–H and O–H groups in total. The number of hydrogen-bond donors (Lipinski definition) is 2. The molecule has 0 saturated carbocycles. The first-order chi connectivity index (χ1) is 9.17. The molecule has 0 aliphatic carbocycles. The van der Waals surface area contributed by atoms with Crippen molar-refractivity contribution >= 4 is 45.0 Å². The lowest BCUT2D eigenvalue weighted by Gasteiger charge is -2.31. The Bertz CT molecular complexity index is 577. The van der Waals surface area contributed by atoms with Crippen LogP contribution < -0.4 is 11.1 Å². The average molecular weight is 314 g/mol. The maximum absolute atomic E-state index is 12.2. The van der Waals surface area contributed by atoms with E-state index in [9.17, 15) is 4.79 Å². The van der Waals surface area contributed by atoms with Crippen LogP contribution in [0.2, 0.25) is 0 Å². The molecule has 1 fully saturated rings. The van der Waals surface area contributed by atoms with Gasteiger partial charge in [0.25, 0.3) is 0 Å². The van der Waals surface area contributed by atoms with E-state index in [0.717, 1.165) is 10.2 Å². The highest BCUT2D eigenvalue weighted by atomic mass is 35.5. The van der Waals surface area contributed by atoms with Crippen LogP contribution in [0.5, 0.6) is 0 Å². The Hall–Kier alpha value is -1.21. The number of thiazole rings is 1. The molecular weight excluding hydrogens is 298 g/mol. The second-order valence-electron chi connectivity index (χ2n) is 4.71. The highest BCUT2D eigenvalue weighted by Crippen LogP contribution is 2.27. The number of fused-ring (bicyclic) bond motifs is 1. The highest BCUT2D eigenvalue weighted by Gasteiger charge is 2.36. The molecule has 0 radical (unpaired) electrons. The second-order valence-corrected chi connectivity index (χ2v) is 5.74. The van der Waals surface area contributed by atoms with Gasteiger partial charge in [0.05, 0.1) is 10.2 Å². The molecule has 20 heavy (non-hydrogen) atoms. The normalized spacial score (nSPS) is 17.4. The van der Waals surface area contributed by atoms with E-state index in [1.807, 2.05) is 24.3 Å². The van der Waals surface area contributed by atoms with E-state index in [1.165, 1.54) is 11.3 Å². The van der Waals surface area contributed by atoms with E-state index in [0.29, 0.717) is 31.2 Å². The van der Waals surface area contributed by atoms with E-state index >= 15 is 0 Å². The van der Waals surface area contributed by atoms with Gasteiger partial charge in [0.1, 0.15) is 5.54 Å². The van der Waals surface area contributed by atoms with Gasteiger partial charge in [0.15, 0.2) is 5.13 Å². The molecule has 2 aromatic rings. The van der Waals surface area contributed by atoms with Gasteiger partial charge in [-0.2, -0.15) is 0 Å². The largest absolute Gasteiger partial charge is 0.381 e. The second kappa shape index (κ2) is 6.05. The summed E-state index contributed by atoms with van der Waals surface area (Å²) in [5.74, 6) is -0.171. The molecule has 5 nitrogen and oxygen atoms in total. The molecule has 2 heterocycles. The Morgan fingerprint density at radius 1 is 1.35 bits per heavy atom. The molecular formula is C13H16ClN3O2S. The van der Waals surface area contributed by atoms with Crippen molar-refractivity contribution in [2.75, 3.05) is 18.5 Å². The average Bonchev–Trinajstić information content (AvgIpc) is 2.81. The van der Waals surface area contributed by atoms with Crippen molar-refractivity contribution in [3.05, 3.63) is 24.3 Å². The number of nitrogens with two attached hydrogens (primary N) is 1. The molecule has 1 aliphatic heterocycles. The standard InChI is InChI=1S/C13H15N3O2S.ClH/c14-13(5-7-18-8-6-13)11(17)16-12-15-9-3-1-2-4-10(9)19-12;/h1-4H,5-8,14H2,(H,15,16,17);1H. The number of ether oxygens (including phenoxy) is 1. The maximum Gasteiger partial charge on any atom is 0.246 e. The van der Waals surface area contributed by atoms with Crippen LogP contribution in [0.25, 0.3) is 10.2 Å².